The number of rotatable bonds is 3. The Balaban J connectivity index is 2.21. The van der Waals surface area contributed by atoms with Crippen molar-refractivity contribution >= 4 is 35.1 Å². The van der Waals surface area contributed by atoms with E-state index in [9.17, 15) is 9.70 Å². The molecule has 0 saturated carbocycles. The summed E-state index contributed by atoms with van der Waals surface area (Å²) in [6, 6.07) is 16.3. The first-order valence-corrected chi connectivity index (χ1v) is 6.97. The molecule has 4 nitrogen and oxygen atoms in total. The molecule has 0 aliphatic carbocycles. The Morgan fingerprint density at radius 2 is 1.73 bits per heavy atom. The number of fused-ring (bicyclic) bond motifs is 1. The number of carboxylic acid groups (broad SMARTS) is 1. The third-order valence-corrected chi connectivity index (χ3v) is 3.74. The summed E-state index contributed by atoms with van der Waals surface area (Å²) in [6.07, 6.45) is 0. The molecule has 0 aliphatic heterocycles. The van der Waals surface area contributed by atoms with Crippen molar-refractivity contribution in [1.82, 2.24) is 0 Å². The van der Waals surface area contributed by atoms with E-state index in [0.717, 1.165) is 26.8 Å². The van der Waals surface area contributed by atoms with Crippen molar-refractivity contribution in [3.63, 3.8) is 0 Å². The molecule has 3 aromatic rings. The van der Waals surface area contributed by atoms with Crippen LogP contribution >= 0.6 is 12.6 Å². The molecule has 0 bridgehead atoms. The fraction of sp³-hybridized carbons (Fsp3) is 0. The number of hydrogen-bond donors (Lipinski definition) is 2. The van der Waals surface area contributed by atoms with Gasteiger partial charge in [0, 0.05) is 4.90 Å². The molecule has 0 spiro atoms. The Hall–Kier alpha value is -2.66. The van der Waals surface area contributed by atoms with Gasteiger partial charge in [0.25, 0.3) is 0 Å². The summed E-state index contributed by atoms with van der Waals surface area (Å²) in [5.41, 5.74) is 1.78. The molecule has 0 atom stereocenters. The second-order valence-electron chi connectivity index (χ2n) is 4.88. The highest BCUT2D eigenvalue weighted by atomic mass is 32.1. The first-order chi connectivity index (χ1) is 10.6. The fourth-order valence-electron chi connectivity index (χ4n) is 2.40. The van der Waals surface area contributed by atoms with E-state index >= 15 is 0 Å². The van der Waals surface area contributed by atoms with Crippen molar-refractivity contribution in [2.45, 2.75) is 4.90 Å². The molecule has 0 unspecified atom stereocenters. The molecule has 5 heteroatoms. The van der Waals surface area contributed by atoms with Gasteiger partial charge in [0.05, 0.1) is 5.56 Å². The highest BCUT2D eigenvalue weighted by molar-refractivity contribution is 7.80. The standard InChI is InChI=1S/C17H11NO3S/c19-17(20)15-8-13-6-11(10-2-1-3-14(22)7-10)4-5-12(13)9-16(15)18-21/h1-9,22H,(H,19,20). The summed E-state index contributed by atoms with van der Waals surface area (Å²) in [4.78, 5) is 22.8. The summed E-state index contributed by atoms with van der Waals surface area (Å²) < 4.78 is 0. The Labute approximate surface area is 131 Å². The van der Waals surface area contributed by atoms with E-state index in [0.29, 0.717) is 0 Å². The van der Waals surface area contributed by atoms with Gasteiger partial charge >= 0.3 is 5.97 Å². The molecule has 0 amide bonds. The van der Waals surface area contributed by atoms with Crippen LogP contribution in [0.25, 0.3) is 21.9 Å². The Kier molecular flexibility index (Phi) is 3.65. The molecule has 0 aromatic heterocycles. The van der Waals surface area contributed by atoms with Crippen LogP contribution in [-0.4, -0.2) is 11.1 Å². The number of benzene rings is 3. The molecule has 22 heavy (non-hydrogen) atoms. The lowest BCUT2D eigenvalue weighted by molar-refractivity contribution is 0.0698. The molecule has 0 saturated heterocycles. The molecular weight excluding hydrogens is 298 g/mol. The van der Waals surface area contributed by atoms with Crippen LogP contribution in [0.3, 0.4) is 0 Å². The van der Waals surface area contributed by atoms with Crippen molar-refractivity contribution in [1.29, 1.82) is 0 Å². The monoisotopic (exact) mass is 309 g/mol. The van der Waals surface area contributed by atoms with Gasteiger partial charge in [-0.05, 0) is 57.4 Å². The molecule has 1 N–H and O–H groups in total. The van der Waals surface area contributed by atoms with Gasteiger partial charge < -0.3 is 5.11 Å². The number of hydrogen-bond acceptors (Lipinski definition) is 4. The molecule has 0 radical (unpaired) electrons. The van der Waals surface area contributed by atoms with E-state index in [1.165, 1.54) is 12.1 Å². The summed E-state index contributed by atoms with van der Waals surface area (Å²) in [5.74, 6) is -1.17. The number of nitrogens with zero attached hydrogens (tertiary/aromatic N) is 1. The smallest absolute Gasteiger partial charge is 0.338 e. The minimum atomic E-state index is -1.17. The van der Waals surface area contributed by atoms with E-state index < -0.39 is 5.97 Å². The third-order valence-electron chi connectivity index (χ3n) is 3.46. The van der Waals surface area contributed by atoms with E-state index in [2.05, 4.69) is 17.8 Å². The number of carboxylic acids is 1. The minimum Gasteiger partial charge on any atom is -0.478 e. The van der Waals surface area contributed by atoms with Gasteiger partial charge in [0.15, 0.2) is 0 Å². The van der Waals surface area contributed by atoms with Crippen molar-refractivity contribution in [2.24, 2.45) is 5.18 Å². The van der Waals surface area contributed by atoms with Crippen molar-refractivity contribution < 1.29 is 9.90 Å². The zero-order valence-corrected chi connectivity index (χ0v) is 12.2. The van der Waals surface area contributed by atoms with Crippen LogP contribution in [0.2, 0.25) is 0 Å². The van der Waals surface area contributed by atoms with Gasteiger partial charge in [-0.3, -0.25) is 0 Å². The minimum absolute atomic E-state index is 0.0647. The van der Waals surface area contributed by atoms with Gasteiger partial charge in [-0.15, -0.1) is 17.5 Å². The topological polar surface area (TPSA) is 66.7 Å². The van der Waals surface area contributed by atoms with Crippen LogP contribution in [-0.2, 0) is 0 Å². The summed E-state index contributed by atoms with van der Waals surface area (Å²) >= 11 is 4.32. The summed E-state index contributed by atoms with van der Waals surface area (Å²) in [6.45, 7) is 0. The maximum atomic E-state index is 11.2. The predicted octanol–water partition coefficient (Wildman–Crippen LogP) is 4.89. The van der Waals surface area contributed by atoms with E-state index in [1.54, 1.807) is 0 Å². The second-order valence-corrected chi connectivity index (χ2v) is 5.39. The van der Waals surface area contributed by atoms with Gasteiger partial charge in [-0.2, -0.15) is 0 Å². The normalized spacial score (nSPS) is 10.6. The molecule has 0 aliphatic rings. The van der Waals surface area contributed by atoms with E-state index in [1.807, 2.05) is 42.5 Å². The van der Waals surface area contributed by atoms with Crippen LogP contribution in [0.4, 0.5) is 5.69 Å². The van der Waals surface area contributed by atoms with Crippen LogP contribution in [0.15, 0.2) is 64.7 Å². The number of aromatic carboxylic acids is 1. The molecular formula is C17H11NO3S. The summed E-state index contributed by atoms with van der Waals surface area (Å²) in [5, 5.41) is 13.5. The SMILES string of the molecule is O=Nc1cc2ccc(-c3cccc(S)c3)cc2cc1C(=O)O. The number of carbonyl (C=O) groups is 1. The van der Waals surface area contributed by atoms with Gasteiger partial charge in [-0.25, -0.2) is 4.79 Å². The van der Waals surface area contributed by atoms with Crippen LogP contribution in [0, 0.1) is 4.91 Å². The lowest BCUT2D eigenvalue weighted by atomic mass is 9.99. The first kappa shape index (κ1) is 14.3. The maximum absolute atomic E-state index is 11.2. The van der Waals surface area contributed by atoms with Gasteiger partial charge in [0.2, 0.25) is 0 Å². The van der Waals surface area contributed by atoms with Crippen molar-refractivity contribution in [3.8, 4) is 11.1 Å². The van der Waals surface area contributed by atoms with Crippen molar-refractivity contribution in [2.75, 3.05) is 0 Å². The van der Waals surface area contributed by atoms with Crippen LogP contribution in [0.5, 0.6) is 0 Å². The third kappa shape index (κ3) is 2.58. The second kappa shape index (κ2) is 5.61. The van der Waals surface area contributed by atoms with Crippen molar-refractivity contribution in [3.05, 3.63) is 65.1 Å². The average Bonchev–Trinajstić information content (AvgIpc) is 2.53. The van der Waals surface area contributed by atoms with Crippen LogP contribution in [0.1, 0.15) is 10.4 Å². The predicted molar refractivity (Wildman–Crippen MR) is 89.1 cm³/mol. The Morgan fingerprint density at radius 3 is 2.41 bits per heavy atom. The molecule has 3 aromatic carbocycles. The molecule has 0 heterocycles. The van der Waals surface area contributed by atoms with Crippen LogP contribution < -0.4 is 0 Å². The highest BCUT2D eigenvalue weighted by Crippen LogP contribution is 2.30. The highest BCUT2D eigenvalue weighted by Gasteiger charge is 2.12. The summed E-state index contributed by atoms with van der Waals surface area (Å²) in [7, 11) is 0. The fourth-order valence-corrected chi connectivity index (χ4v) is 2.62. The van der Waals surface area contributed by atoms with Gasteiger partial charge in [0.1, 0.15) is 5.69 Å². The molecule has 108 valence electrons. The largest absolute Gasteiger partial charge is 0.478 e. The number of nitroso groups, excluding NO2 is 1. The number of thiol groups is 1. The molecule has 3 rings (SSSR count). The van der Waals surface area contributed by atoms with Gasteiger partial charge in [-0.1, -0.05) is 24.3 Å². The average molecular weight is 309 g/mol. The van der Waals surface area contributed by atoms with E-state index in [-0.39, 0.29) is 11.3 Å². The quantitative estimate of drug-likeness (QED) is 0.534. The Bertz CT molecular complexity index is 906. The zero-order chi connectivity index (χ0) is 15.7. The van der Waals surface area contributed by atoms with E-state index in [4.69, 9.17) is 5.11 Å². The first-order valence-electron chi connectivity index (χ1n) is 6.52. The zero-order valence-electron chi connectivity index (χ0n) is 11.4. The maximum Gasteiger partial charge on any atom is 0.338 e. The lowest BCUT2D eigenvalue weighted by Gasteiger charge is -2.07. The lowest BCUT2D eigenvalue weighted by Crippen LogP contribution is -1.96. The molecule has 0 fully saturated rings. The Morgan fingerprint density at radius 1 is 0.955 bits per heavy atom.